The monoisotopic (exact) mass is 359 g/mol. The number of nitrogens with zero attached hydrogens (tertiary/aromatic N) is 1. The highest BCUT2D eigenvalue weighted by atomic mass is 79.9. The number of pyridine rings is 1. The SMILES string of the molecule is Fc1ccc(-c2cc(CBr)c(-c3ccc(F)cc3)cn2)cc1. The van der Waals surface area contributed by atoms with Crippen LogP contribution in [0.15, 0.2) is 60.8 Å². The molecule has 0 aliphatic rings. The molecule has 2 aromatic carbocycles. The van der Waals surface area contributed by atoms with Gasteiger partial charge >= 0.3 is 0 Å². The smallest absolute Gasteiger partial charge is 0.123 e. The van der Waals surface area contributed by atoms with E-state index in [4.69, 9.17) is 0 Å². The first-order valence-corrected chi connectivity index (χ1v) is 7.86. The number of aromatic nitrogens is 1. The molecule has 0 aliphatic carbocycles. The maximum atomic E-state index is 13.0. The van der Waals surface area contributed by atoms with Crippen LogP contribution in [0.1, 0.15) is 5.56 Å². The van der Waals surface area contributed by atoms with E-state index in [2.05, 4.69) is 20.9 Å². The van der Waals surface area contributed by atoms with E-state index >= 15 is 0 Å². The number of alkyl halides is 1. The Bertz CT molecular complexity index is 783. The van der Waals surface area contributed by atoms with Crippen LogP contribution in [0.4, 0.5) is 8.78 Å². The van der Waals surface area contributed by atoms with Gasteiger partial charge in [0.05, 0.1) is 5.69 Å². The van der Waals surface area contributed by atoms with Crippen molar-refractivity contribution < 1.29 is 8.78 Å². The van der Waals surface area contributed by atoms with Gasteiger partial charge in [-0.05, 0) is 53.6 Å². The first-order chi connectivity index (χ1) is 10.7. The van der Waals surface area contributed by atoms with Crippen LogP contribution >= 0.6 is 15.9 Å². The molecule has 3 aromatic rings. The van der Waals surface area contributed by atoms with Gasteiger partial charge in [0.25, 0.3) is 0 Å². The average Bonchev–Trinajstić information content (AvgIpc) is 2.56. The fourth-order valence-corrected chi connectivity index (χ4v) is 2.74. The van der Waals surface area contributed by atoms with Crippen LogP contribution in [0.2, 0.25) is 0 Å². The minimum atomic E-state index is -0.271. The van der Waals surface area contributed by atoms with Crippen LogP contribution < -0.4 is 0 Å². The Balaban J connectivity index is 2.04. The zero-order valence-electron chi connectivity index (χ0n) is 11.6. The van der Waals surface area contributed by atoms with Gasteiger partial charge in [-0.25, -0.2) is 8.78 Å². The summed E-state index contributed by atoms with van der Waals surface area (Å²) in [6, 6.07) is 14.5. The van der Waals surface area contributed by atoms with Gasteiger partial charge in [-0.1, -0.05) is 28.1 Å². The third-order valence-electron chi connectivity index (χ3n) is 3.43. The van der Waals surface area contributed by atoms with Crippen molar-refractivity contribution in [2.75, 3.05) is 0 Å². The Morgan fingerprint density at radius 3 is 1.91 bits per heavy atom. The predicted octanol–water partition coefficient (Wildman–Crippen LogP) is 5.59. The molecule has 0 aliphatic heterocycles. The lowest BCUT2D eigenvalue weighted by molar-refractivity contribution is 0.627. The second-order valence-electron chi connectivity index (χ2n) is 4.87. The highest BCUT2D eigenvalue weighted by Gasteiger charge is 2.08. The van der Waals surface area contributed by atoms with E-state index < -0.39 is 0 Å². The van der Waals surface area contributed by atoms with Gasteiger partial charge in [-0.2, -0.15) is 0 Å². The summed E-state index contributed by atoms with van der Waals surface area (Å²) in [5, 5.41) is 0.649. The zero-order chi connectivity index (χ0) is 15.5. The van der Waals surface area contributed by atoms with Crippen LogP contribution in [0, 0.1) is 11.6 Å². The van der Waals surface area contributed by atoms with Gasteiger partial charge < -0.3 is 0 Å². The summed E-state index contributed by atoms with van der Waals surface area (Å²) in [4.78, 5) is 4.45. The largest absolute Gasteiger partial charge is 0.256 e. The molecular formula is C18H12BrF2N. The third kappa shape index (κ3) is 3.07. The van der Waals surface area contributed by atoms with Crippen molar-refractivity contribution in [1.82, 2.24) is 4.98 Å². The molecule has 0 fully saturated rings. The highest BCUT2D eigenvalue weighted by Crippen LogP contribution is 2.28. The summed E-state index contributed by atoms with van der Waals surface area (Å²) >= 11 is 3.48. The summed E-state index contributed by atoms with van der Waals surface area (Å²) < 4.78 is 26.1. The molecule has 0 saturated carbocycles. The summed E-state index contributed by atoms with van der Waals surface area (Å²) in [5.74, 6) is -0.535. The Morgan fingerprint density at radius 1 is 0.818 bits per heavy atom. The van der Waals surface area contributed by atoms with Crippen LogP contribution in [-0.4, -0.2) is 4.98 Å². The Morgan fingerprint density at radius 2 is 1.36 bits per heavy atom. The van der Waals surface area contributed by atoms with Crippen molar-refractivity contribution in [3.63, 3.8) is 0 Å². The Kier molecular flexibility index (Phi) is 4.29. The Hall–Kier alpha value is -2.07. The first kappa shape index (κ1) is 14.9. The second kappa shape index (κ2) is 6.36. The van der Waals surface area contributed by atoms with E-state index in [1.807, 2.05) is 6.07 Å². The summed E-state index contributed by atoms with van der Waals surface area (Å²) in [6.07, 6.45) is 1.77. The van der Waals surface area contributed by atoms with Crippen molar-refractivity contribution in [2.24, 2.45) is 0 Å². The molecule has 1 nitrogen and oxygen atoms in total. The molecular weight excluding hydrogens is 348 g/mol. The molecule has 0 atom stereocenters. The fourth-order valence-electron chi connectivity index (χ4n) is 2.28. The molecule has 1 aromatic heterocycles. The van der Waals surface area contributed by atoms with Gasteiger partial charge in [-0.3, -0.25) is 4.98 Å². The molecule has 0 bridgehead atoms. The van der Waals surface area contributed by atoms with Gasteiger partial charge in [-0.15, -0.1) is 0 Å². The van der Waals surface area contributed by atoms with Crippen LogP contribution in [0.3, 0.4) is 0 Å². The van der Waals surface area contributed by atoms with Crippen LogP contribution in [-0.2, 0) is 5.33 Å². The topological polar surface area (TPSA) is 12.9 Å². The minimum Gasteiger partial charge on any atom is -0.256 e. The third-order valence-corrected chi connectivity index (χ3v) is 4.03. The molecule has 0 radical (unpaired) electrons. The molecule has 110 valence electrons. The van der Waals surface area contributed by atoms with Gasteiger partial charge in [0, 0.05) is 22.7 Å². The van der Waals surface area contributed by atoms with Crippen LogP contribution in [0.5, 0.6) is 0 Å². The number of hydrogen-bond acceptors (Lipinski definition) is 1. The fraction of sp³-hybridized carbons (Fsp3) is 0.0556. The lowest BCUT2D eigenvalue weighted by Gasteiger charge is -2.10. The first-order valence-electron chi connectivity index (χ1n) is 6.74. The zero-order valence-corrected chi connectivity index (χ0v) is 13.1. The maximum absolute atomic E-state index is 13.0. The molecule has 3 rings (SSSR count). The van der Waals surface area contributed by atoms with E-state index in [1.165, 1.54) is 24.3 Å². The van der Waals surface area contributed by atoms with Crippen LogP contribution in [0.25, 0.3) is 22.4 Å². The van der Waals surface area contributed by atoms with E-state index in [-0.39, 0.29) is 11.6 Å². The molecule has 4 heteroatoms. The molecule has 1 heterocycles. The van der Waals surface area contributed by atoms with E-state index in [0.29, 0.717) is 5.33 Å². The predicted molar refractivity (Wildman–Crippen MR) is 87.7 cm³/mol. The van der Waals surface area contributed by atoms with E-state index in [0.717, 1.165) is 27.9 Å². The molecule has 0 N–H and O–H groups in total. The van der Waals surface area contributed by atoms with Crippen molar-refractivity contribution in [3.05, 3.63) is 78.0 Å². The van der Waals surface area contributed by atoms with E-state index in [9.17, 15) is 8.78 Å². The summed E-state index contributed by atoms with van der Waals surface area (Å²) in [6.45, 7) is 0. The maximum Gasteiger partial charge on any atom is 0.123 e. The van der Waals surface area contributed by atoms with Crippen molar-refractivity contribution in [2.45, 2.75) is 5.33 Å². The normalized spacial score (nSPS) is 10.7. The summed E-state index contributed by atoms with van der Waals surface area (Å²) in [7, 11) is 0. The number of rotatable bonds is 3. The lowest BCUT2D eigenvalue weighted by Crippen LogP contribution is -1.92. The standard InChI is InChI=1S/C18H12BrF2N/c19-10-14-9-18(13-3-7-16(21)8-4-13)22-11-17(14)12-1-5-15(20)6-2-12/h1-9,11H,10H2. The second-order valence-corrected chi connectivity index (χ2v) is 5.43. The van der Waals surface area contributed by atoms with Gasteiger partial charge in [0.1, 0.15) is 11.6 Å². The van der Waals surface area contributed by atoms with E-state index in [1.54, 1.807) is 30.5 Å². The highest BCUT2D eigenvalue weighted by molar-refractivity contribution is 9.08. The summed E-state index contributed by atoms with van der Waals surface area (Å²) in [5.41, 5.74) is 4.53. The van der Waals surface area contributed by atoms with Crippen molar-refractivity contribution in [1.29, 1.82) is 0 Å². The number of halogens is 3. The molecule has 0 spiro atoms. The van der Waals surface area contributed by atoms with Gasteiger partial charge in [0.2, 0.25) is 0 Å². The lowest BCUT2D eigenvalue weighted by atomic mass is 10.0. The van der Waals surface area contributed by atoms with Crippen molar-refractivity contribution in [3.8, 4) is 22.4 Å². The average molecular weight is 360 g/mol. The van der Waals surface area contributed by atoms with Crippen molar-refractivity contribution >= 4 is 15.9 Å². The Labute approximate surface area is 135 Å². The minimum absolute atomic E-state index is 0.264. The quantitative estimate of drug-likeness (QED) is 0.555. The molecule has 22 heavy (non-hydrogen) atoms. The molecule has 0 saturated heterocycles. The van der Waals surface area contributed by atoms with Gasteiger partial charge in [0.15, 0.2) is 0 Å². The number of benzene rings is 2. The molecule has 0 unspecified atom stereocenters. The molecule has 0 amide bonds. The number of hydrogen-bond donors (Lipinski definition) is 0.